The highest BCUT2D eigenvalue weighted by molar-refractivity contribution is 8.76. The van der Waals surface area contributed by atoms with Crippen molar-refractivity contribution in [1.29, 1.82) is 0 Å². The van der Waals surface area contributed by atoms with Gasteiger partial charge in [-0.2, -0.15) is 5.10 Å². The van der Waals surface area contributed by atoms with Crippen molar-refractivity contribution in [2.75, 3.05) is 12.0 Å². The standard InChI is InChI=1S/C18H17N3O2S2/c1-13(24-25-17-8-4-5-10-19-17)12-23-18(22)15-9-11-20-21-16-7-3-2-6-14(15)16/h2-11,13,21H,12H2,1H3. The predicted octanol–water partition coefficient (Wildman–Crippen LogP) is 4.25. The first-order chi connectivity index (χ1) is 12.2. The van der Waals surface area contributed by atoms with E-state index in [1.807, 2.05) is 49.4 Å². The van der Waals surface area contributed by atoms with Gasteiger partial charge in [-0.3, -0.25) is 5.43 Å². The summed E-state index contributed by atoms with van der Waals surface area (Å²) < 4.78 is 5.49. The molecule has 1 aromatic carbocycles. The fourth-order valence-electron chi connectivity index (χ4n) is 2.13. The third-order valence-corrected chi connectivity index (χ3v) is 6.08. The molecule has 0 saturated carbocycles. The zero-order valence-electron chi connectivity index (χ0n) is 13.6. The minimum absolute atomic E-state index is 0.143. The molecule has 0 fully saturated rings. The van der Waals surface area contributed by atoms with Crippen LogP contribution in [-0.4, -0.2) is 29.0 Å². The summed E-state index contributed by atoms with van der Waals surface area (Å²) in [5, 5.41) is 5.11. The lowest BCUT2D eigenvalue weighted by Gasteiger charge is -2.13. The first kappa shape index (κ1) is 17.6. The molecule has 0 amide bonds. The third-order valence-electron chi connectivity index (χ3n) is 3.32. The smallest absolute Gasteiger partial charge is 0.338 e. The van der Waals surface area contributed by atoms with Gasteiger partial charge in [0, 0.05) is 23.2 Å². The molecule has 3 rings (SSSR count). The van der Waals surface area contributed by atoms with E-state index >= 15 is 0 Å². The fourth-order valence-corrected chi connectivity index (χ4v) is 4.00. The number of allylic oxidation sites excluding steroid dienone is 1. The van der Waals surface area contributed by atoms with Crippen molar-refractivity contribution in [3.8, 4) is 0 Å². The molecule has 0 aliphatic carbocycles. The molecule has 2 aromatic rings. The van der Waals surface area contributed by atoms with E-state index in [4.69, 9.17) is 4.74 Å². The second-order valence-electron chi connectivity index (χ2n) is 5.27. The summed E-state index contributed by atoms with van der Waals surface area (Å²) in [5.41, 5.74) is 4.98. The highest BCUT2D eigenvalue weighted by atomic mass is 33.1. The summed E-state index contributed by atoms with van der Waals surface area (Å²) in [6, 6.07) is 13.3. The number of hydrazone groups is 1. The highest BCUT2D eigenvalue weighted by Gasteiger charge is 2.19. The molecule has 1 N–H and O–H groups in total. The van der Waals surface area contributed by atoms with Crippen LogP contribution >= 0.6 is 21.6 Å². The van der Waals surface area contributed by atoms with E-state index in [9.17, 15) is 4.79 Å². The van der Waals surface area contributed by atoms with E-state index in [0.29, 0.717) is 12.2 Å². The molecule has 0 bridgehead atoms. The number of carbonyl (C=O) groups is 1. The van der Waals surface area contributed by atoms with Gasteiger partial charge >= 0.3 is 5.97 Å². The molecule has 1 atom stereocenters. The SMILES string of the molecule is CC(COC(=O)C1=CC=NNc2ccccc21)SSc1ccccn1. The lowest BCUT2D eigenvalue weighted by molar-refractivity contribution is -0.136. The largest absolute Gasteiger partial charge is 0.461 e. The van der Waals surface area contributed by atoms with E-state index in [2.05, 4.69) is 15.5 Å². The number of para-hydroxylation sites is 1. The lowest BCUT2D eigenvalue weighted by atomic mass is 10.0. The van der Waals surface area contributed by atoms with Crippen LogP contribution in [0.2, 0.25) is 0 Å². The Balaban J connectivity index is 1.56. The van der Waals surface area contributed by atoms with Gasteiger partial charge in [-0.15, -0.1) is 0 Å². The maximum absolute atomic E-state index is 12.5. The van der Waals surface area contributed by atoms with E-state index in [-0.39, 0.29) is 11.2 Å². The van der Waals surface area contributed by atoms with Crippen LogP contribution < -0.4 is 5.43 Å². The number of nitrogens with zero attached hydrogens (tertiary/aromatic N) is 2. The number of ether oxygens (including phenoxy) is 1. The van der Waals surface area contributed by atoms with Crippen molar-refractivity contribution in [2.24, 2.45) is 5.10 Å². The van der Waals surface area contributed by atoms with E-state index in [0.717, 1.165) is 16.3 Å². The number of hydrogen-bond acceptors (Lipinski definition) is 7. The van der Waals surface area contributed by atoms with Crippen molar-refractivity contribution in [2.45, 2.75) is 17.2 Å². The molecule has 1 aliphatic heterocycles. The molecule has 7 heteroatoms. The molecule has 5 nitrogen and oxygen atoms in total. The van der Waals surface area contributed by atoms with Crippen LogP contribution in [0.5, 0.6) is 0 Å². The number of hydrogen-bond donors (Lipinski definition) is 1. The zero-order chi connectivity index (χ0) is 17.5. The first-order valence-electron chi connectivity index (χ1n) is 7.74. The number of aromatic nitrogens is 1. The molecule has 1 aliphatic rings. The Morgan fingerprint density at radius 1 is 1.24 bits per heavy atom. The predicted molar refractivity (Wildman–Crippen MR) is 105 cm³/mol. The van der Waals surface area contributed by atoms with Crippen LogP contribution in [0.1, 0.15) is 12.5 Å². The maximum atomic E-state index is 12.5. The fraction of sp³-hybridized carbons (Fsp3) is 0.167. The molecule has 1 unspecified atom stereocenters. The van der Waals surface area contributed by atoms with Crippen LogP contribution in [0, 0.1) is 0 Å². The number of pyridine rings is 1. The summed E-state index contributed by atoms with van der Waals surface area (Å²) in [4.78, 5) is 16.7. The summed E-state index contributed by atoms with van der Waals surface area (Å²) in [5.74, 6) is -0.349. The molecule has 1 aromatic heterocycles. The molecule has 0 radical (unpaired) electrons. The number of fused-ring (bicyclic) bond motifs is 1. The van der Waals surface area contributed by atoms with Crippen LogP contribution in [0.25, 0.3) is 5.57 Å². The Kier molecular flexibility index (Phi) is 6.14. The Morgan fingerprint density at radius 3 is 2.92 bits per heavy atom. The third kappa shape index (κ3) is 4.87. The minimum atomic E-state index is -0.349. The molecule has 0 saturated heterocycles. The van der Waals surface area contributed by atoms with Crippen molar-refractivity contribution in [1.82, 2.24) is 4.98 Å². The lowest BCUT2D eigenvalue weighted by Crippen LogP contribution is -2.14. The van der Waals surface area contributed by atoms with Gasteiger partial charge in [0.05, 0.1) is 11.3 Å². The first-order valence-corrected chi connectivity index (χ1v) is 9.95. The van der Waals surface area contributed by atoms with Gasteiger partial charge in [-0.1, -0.05) is 35.1 Å². The Hall–Kier alpha value is -2.25. The van der Waals surface area contributed by atoms with Crippen LogP contribution in [0.15, 0.2) is 64.9 Å². The molecule has 2 heterocycles. The van der Waals surface area contributed by atoms with Gasteiger partial charge in [-0.05, 0) is 42.0 Å². The second-order valence-corrected chi connectivity index (χ2v) is 7.93. The molecule has 128 valence electrons. The summed E-state index contributed by atoms with van der Waals surface area (Å²) in [7, 11) is 3.20. The van der Waals surface area contributed by atoms with Crippen LogP contribution in [0.4, 0.5) is 5.69 Å². The summed E-state index contributed by atoms with van der Waals surface area (Å²) in [6.45, 7) is 2.35. The number of carbonyl (C=O) groups excluding carboxylic acids is 1. The van der Waals surface area contributed by atoms with Crippen molar-refractivity contribution in [3.63, 3.8) is 0 Å². The van der Waals surface area contributed by atoms with Crippen LogP contribution in [-0.2, 0) is 9.53 Å². The minimum Gasteiger partial charge on any atom is -0.461 e. The van der Waals surface area contributed by atoms with Crippen molar-refractivity contribution < 1.29 is 9.53 Å². The quantitative estimate of drug-likeness (QED) is 0.605. The second kappa shape index (κ2) is 8.73. The van der Waals surface area contributed by atoms with E-state index in [1.165, 1.54) is 0 Å². The topological polar surface area (TPSA) is 63.6 Å². The number of esters is 1. The number of nitrogens with one attached hydrogen (secondary N) is 1. The van der Waals surface area contributed by atoms with Crippen LogP contribution in [0.3, 0.4) is 0 Å². The Morgan fingerprint density at radius 2 is 2.08 bits per heavy atom. The number of benzene rings is 1. The molecular weight excluding hydrogens is 354 g/mol. The highest BCUT2D eigenvalue weighted by Crippen LogP contribution is 2.33. The average molecular weight is 371 g/mol. The molecule has 25 heavy (non-hydrogen) atoms. The van der Waals surface area contributed by atoms with Gasteiger partial charge < -0.3 is 4.74 Å². The maximum Gasteiger partial charge on any atom is 0.338 e. The molecular formula is C18H17N3O2S2. The number of rotatable bonds is 6. The van der Waals surface area contributed by atoms with Crippen molar-refractivity contribution >= 4 is 45.0 Å². The van der Waals surface area contributed by atoms with E-state index in [1.54, 1.807) is 40.1 Å². The average Bonchev–Trinajstić information content (AvgIpc) is 2.88. The zero-order valence-corrected chi connectivity index (χ0v) is 15.2. The Bertz CT molecular complexity index is 794. The van der Waals surface area contributed by atoms with Gasteiger partial charge in [0.2, 0.25) is 0 Å². The van der Waals surface area contributed by atoms with Crippen molar-refractivity contribution in [3.05, 3.63) is 60.3 Å². The van der Waals surface area contributed by atoms with Gasteiger partial charge in [0.25, 0.3) is 0 Å². The monoisotopic (exact) mass is 371 g/mol. The summed E-state index contributed by atoms with van der Waals surface area (Å²) >= 11 is 0. The van der Waals surface area contributed by atoms with Gasteiger partial charge in [0.1, 0.15) is 11.6 Å². The van der Waals surface area contributed by atoms with Gasteiger partial charge in [-0.25, -0.2) is 9.78 Å². The van der Waals surface area contributed by atoms with Gasteiger partial charge in [0.15, 0.2) is 0 Å². The van der Waals surface area contributed by atoms with E-state index < -0.39 is 0 Å². The Labute approximate surface area is 154 Å². The molecule has 0 spiro atoms. The normalized spacial score (nSPS) is 13.9. The number of anilines is 1. The summed E-state index contributed by atoms with van der Waals surface area (Å²) in [6.07, 6.45) is 4.99.